The van der Waals surface area contributed by atoms with Crippen LogP contribution in [0.25, 0.3) is 39.6 Å². The van der Waals surface area contributed by atoms with E-state index in [1.165, 1.54) is 12.4 Å². The van der Waals surface area contributed by atoms with Crippen LogP contribution in [0.3, 0.4) is 0 Å². The normalized spacial score (nSPS) is 17.3. The summed E-state index contributed by atoms with van der Waals surface area (Å²) in [6.45, 7) is 6.91. The molecule has 3 aliphatic heterocycles. The van der Waals surface area contributed by atoms with E-state index in [4.69, 9.17) is 35.4 Å². The van der Waals surface area contributed by atoms with E-state index in [-0.39, 0.29) is 91.9 Å². The van der Waals surface area contributed by atoms with Crippen molar-refractivity contribution in [2.24, 2.45) is 29.2 Å². The minimum atomic E-state index is -3.52. The van der Waals surface area contributed by atoms with Gasteiger partial charge in [0.05, 0.1) is 54.3 Å². The number of aliphatic hydroxyl groups is 1. The van der Waals surface area contributed by atoms with Crippen molar-refractivity contribution >= 4 is 44.6 Å². The second-order valence-electron chi connectivity index (χ2n) is 20.6. The molecule has 24 heteroatoms. The number of esters is 1. The van der Waals surface area contributed by atoms with E-state index in [0.717, 1.165) is 61.4 Å². The number of hydrogen-bond acceptors (Lipinski definition) is 19. The fraction of sp³-hybridized carbons (Fsp3) is 0.528. The van der Waals surface area contributed by atoms with Gasteiger partial charge in [0.15, 0.2) is 17.1 Å². The molecule has 23 nitrogen and oxygen atoms in total. The number of sulfone groups is 1. The van der Waals surface area contributed by atoms with Gasteiger partial charge in [0, 0.05) is 65.4 Å². The van der Waals surface area contributed by atoms with Gasteiger partial charge >= 0.3 is 5.97 Å². The van der Waals surface area contributed by atoms with E-state index >= 15 is 0 Å². The fourth-order valence-corrected chi connectivity index (χ4v) is 11.0. The minimum absolute atomic E-state index is 0.0178. The molecular weight excluding hydrogens is 1010 g/mol. The summed E-state index contributed by atoms with van der Waals surface area (Å²) in [7, 11) is 0.485. The molecule has 0 spiro atoms. The number of carbonyl (C=O) groups is 3. The molecule has 5 atom stereocenters. The molecule has 7 heterocycles. The first kappa shape index (κ1) is 56.5. The Morgan fingerprint density at radius 1 is 0.987 bits per heavy atom. The molecule has 414 valence electrons. The number of cyclic esters (lactones) is 1. The SMILES string of the molecule is CC[C@@]1(O)C(=O)OCc2c1cc1n(c2=O)Cc2c-1nc1cc3c(cc1c2/C=C/COCNC(=O)CNC(=O)[C@@H](CCCCN(C)C)C(N)[C@@H](C(C)C)C(N)CCCCCn1cc(-c2cnc(S(C)(=O)=O)nc2)nn1)OCO3. The number of aryl methyl sites for hydroxylation is 1. The molecule has 0 radical (unpaired) electrons. The van der Waals surface area contributed by atoms with E-state index in [1.54, 1.807) is 40.6 Å². The van der Waals surface area contributed by atoms with Crippen molar-refractivity contribution in [3.63, 3.8) is 0 Å². The summed E-state index contributed by atoms with van der Waals surface area (Å²) in [6, 6.07) is 4.44. The highest BCUT2D eigenvalue weighted by molar-refractivity contribution is 7.90. The van der Waals surface area contributed by atoms with Gasteiger partial charge in [0.2, 0.25) is 33.6 Å². The standard InChI is InChI=1S/C53H70N12O11S/c1-7-53(70)38-21-42-48-36(26-65(42)50(68)37(38)28-74-51(53)69)33(35-20-43-44(76-30-75-43)22-40(35)60-48)15-13-19-73-29-59-45(66)25-56-49(67)34(14-10-12-17-63(4)5)47(55)46(31(2)3)39(54)16-9-8-11-18-64-27-41(61-62-64)32-23-57-52(58-24-32)77(6,71)72/h13,15,20-24,27,31,34,39,46-47,70H,7-12,14,16-19,25-26,28-30,54-55H2,1-6H3,(H,56,67)(H,59,66)/b15-13+/t34-,39?,46-,47?,53-/m0/s1. The number of fused-ring (bicyclic) bond motifs is 6. The molecule has 5 aromatic rings. The molecule has 3 aliphatic rings. The molecule has 0 saturated carbocycles. The molecule has 0 aliphatic carbocycles. The van der Waals surface area contributed by atoms with Gasteiger partial charge in [-0.25, -0.2) is 28.2 Å². The number of nitrogens with one attached hydrogen (secondary N) is 2. The average molecular weight is 1080 g/mol. The molecule has 0 bridgehead atoms. The summed E-state index contributed by atoms with van der Waals surface area (Å²) >= 11 is 0. The third-order valence-electron chi connectivity index (χ3n) is 14.6. The number of amides is 2. The zero-order valence-electron chi connectivity index (χ0n) is 44.5. The van der Waals surface area contributed by atoms with Crippen LogP contribution in [0, 0.1) is 17.8 Å². The molecule has 77 heavy (non-hydrogen) atoms. The highest BCUT2D eigenvalue weighted by atomic mass is 32.2. The Labute approximate surface area is 447 Å². The van der Waals surface area contributed by atoms with Crippen LogP contribution >= 0.6 is 0 Å². The maximum absolute atomic E-state index is 14.0. The Hall–Kier alpha value is -6.70. The van der Waals surface area contributed by atoms with Crippen molar-refractivity contribution in [2.45, 2.75) is 115 Å². The van der Waals surface area contributed by atoms with Gasteiger partial charge < -0.3 is 55.6 Å². The quantitative estimate of drug-likeness (QED) is 0.0226. The van der Waals surface area contributed by atoms with Crippen molar-refractivity contribution in [3.8, 4) is 34.1 Å². The summed E-state index contributed by atoms with van der Waals surface area (Å²) < 4.78 is 49.2. The van der Waals surface area contributed by atoms with Crippen molar-refractivity contribution in [3.05, 3.63) is 75.5 Å². The van der Waals surface area contributed by atoms with Crippen LogP contribution in [0.2, 0.25) is 0 Å². The molecule has 2 unspecified atom stereocenters. The lowest BCUT2D eigenvalue weighted by atomic mass is 9.74. The molecule has 0 fully saturated rings. The zero-order valence-corrected chi connectivity index (χ0v) is 45.3. The third kappa shape index (κ3) is 12.7. The first-order valence-corrected chi connectivity index (χ1v) is 28.0. The number of carbonyl (C=O) groups excluding carboxylic acids is 3. The van der Waals surface area contributed by atoms with Gasteiger partial charge in [-0.1, -0.05) is 57.4 Å². The van der Waals surface area contributed by atoms with Gasteiger partial charge in [-0.05, 0) is 82.3 Å². The Morgan fingerprint density at radius 3 is 2.44 bits per heavy atom. The van der Waals surface area contributed by atoms with Crippen molar-refractivity contribution in [1.29, 1.82) is 0 Å². The number of rotatable bonds is 26. The maximum Gasteiger partial charge on any atom is 0.343 e. The number of unbranched alkanes of at least 4 members (excludes halogenated alkanes) is 3. The van der Waals surface area contributed by atoms with Crippen LogP contribution in [-0.2, 0) is 59.0 Å². The fourth-order valence-electron chi connectivity index (χ4n) is 10.5. The molecule has 2 amide bonds. The topological polar surface area (TPSA) is 313 Å². The van der Waals surface area contributed by atoms with Gasteiger partial charge in [-0.2, -0.15) is 0 Å². The maximum atomic E-state index is 14.0. The van der Waals surface area contributed by atoms with Crippen molar-refractivity contribution in [1.82, 2.24) is 50.0 Å². The predicted octanol–water partition coefficient (Wildman–Crippen LogP) is 3.02. The summed E-state index contributed by atoms with van der Waals surface area (Å²) in [6.07, 6.45) is 14.7. The van der Waals surface area contributed by atoms with E-state index in [2.05, 4.69) is 49.7 Å². The van der Waals surface area contributed by atoms with Crippen LogP contribution < -0.4 is 37.1 Å². The van der Waals surface area contributed by atoms with Crippen LogP contribution in [0.15, 0.2) is 52.8 Å². The first-order valence-electron chi connectivity index (χ1n) is 26.1. The van der Waals surface area contributed by atoms with E-state index in [9.17, 15) is 32.7 Å². The van der Waals surface area contributed by atoms with Crippen LogP contribution in [0.5, 0.6) is 11.5 Å². The summed E-state index contributed by atoms with van der Waals surface area (Å²) in [5.74, 6) is -1.16. The number of nitrogens with zero attached hydrogens (tertiary/aromatic N) is 8. The summed E-state index contributed by atoms with van der Waals surface area (Å²) in [4.78, 5) is 68.7. The lowest BCUT2D eigenvalue weighted by molar-refractivity contribution is -0.172. The highest BCUT2D eigenvalue weighted by Crippen LogP contribution is 2.43. The Balaban J connectivity index is 0.845. The molecule has 8 rings (SSSR count). The Bertz CT molecular complexity index is 3180. The average Bonchev–Trinajstić information content (AvgIpc) is 4.17. The minimum Gasteiger partial charge on any atom is -0.458 e. The van der Waals surface area contributed by atoms with Crippen LogP contribution in [0.4, 0.5) is 0 Å². The monoisotopic (exact) mass is 1080 g/mol. The van der Waals surface area contributed by atoms with Crippen LogP contribution in [-0.4, -0.2) is 136 Å². The Kier molecular flexibility index (Phi) is 17.8. The highest BCUT2D eigenvalue weighted by Gasteiger charge is 2.46. The first-order chi connectivity index (χ1) is 36.8. The zero-order chi connectivity index (χ0) is 55.2. The third-order valence-corrected chi connectivity index (χ3v) is 15.5. The Morgan fingerprint density at radius 2 is 1.73 bits per heavy atom. The number of nitrogens with two attached hydrogens (primary N) is 2. The largest absolute Gasteiger partial charge is 0.458 e. The lowest BCUT2D eigenvalue weighted by Gasteiger charge is -2.37. The number of benzene rings is 1. The van der Waals surface area contributed by atoms with E-state index < -0.39 is 39.3 Å². The molecule has 0 saturated heterocycles. The van der Waals surface area contributed by atoms with Crippen molar-refractivity contribution in [2.75, 3.05) is 53.6 Å². The second-order valence-corrected chi connectivity index (χ2v) is 22.5. The lowest BCUT2D eigenvalue weighted by Crippen LogP contribution is -2.53. The molecule has 7 N–H and O–H groups in total. The number of hydrogen-bond donors (Lipinski definition) is 5. The smallest absolute Gasteiger partial charge is 0.343 e. The predicted molar refractivity (Wildman–Crippen MR) is 284 cm³/mol. The van der Waals surface area contributed by atoms with E-state index in [1.807, 2.05) is 26.2 Å². The van der Waals surface area contributed by atoms with Gasteiger partial charge in [-0.15, -0.1) is 5.10 Å². The van der Waals surface area contributed by atoms with Gasteiger partial charge in [0.25, 0.3) is 5.56 Å². The van der Waals surface area contributed by atoms with Gasteiger partial charge in [0.1, 0.15) is 19.0 Å². The van der Waals surface area contributed by atoms with E-state index in [0.29, 0.717) is 59.0 Å². The number of aromatic nitrogens is 7. The number of pyridine rings is 2. The van der Waals surface area contributed by atoms with Crippen molar-refractivity contribution < 1.29 is 46.9 Å². The molecular formula is C53H70N12O11S. The second kappa shape index (κ2) is 24.3. The number of ether oxygens (including phenoxy) is 4. The van der Waals surface area contributed by atoms with Gasteiger partial charge in [-0.3, -0.25) is 19.1 Å². The summed E-state index contributed by atoms with van der Waals surface area (Å²) in [5.41, 5.74) is 16.2. The molecule has 4 aromatic heterocycles. The van der Waals surface area contributed by atoms with Crippen LogP contribution in [0.1, 0.15) is 94.4 Å². The molecule has 1 aromatic carbocycles. The summed E-state index contributed by atoms with van der Waals surface area (Å²) in [5, 5.41) is 25.8.